The standard InChI is InChI=1S/C4H10PS/c1-4-6-5(2)3/h2,4H2,1,3H3/q+1. The number of rotatable bonds is 2. The second kappa shape index (κ2) is 3.70. The minimum atomic E-state index is 0.0661. The van der Waals surface area contributed by atoms with E-state index in [4.69, 9.17) is 0 Å². The Bertz CT molecular complexity index is 51.5. The van der Waals surface area contributed by atoms with Gasteiger partial charge in [0, 0.05) is 5.75 Å². The van der Waals surface area contributed by atoms with Gasteiger partial charge in [-0.2, -0.15) is 0 Å². The fourth-order valence-corrected chi connectivity index (χ4v) is 1.98. The van der Waals surface area contributed by atoms with Crippen LogP contribution < -0.4 is 0 Å². The third-order valence-electron chi connectivity index (χ3n) is 0.349. The van der Waals surface area contributed by atoms with E-state index in [1.807, 2.05) is 11.4 Å². The molecule has 0 aliphatic heterocycles. The molecule has 2 heteroatoms. The van der Waals surface area contributed by atoms with Crippen LogP contribution in [0.4, 0.5) is 0 Å². The van der Waals surface area contributed by atoms with Crippen molar-refractivity contribution < 1.29 is 0 Å². The van der Waals surface area contributed by atoms with Gasteiger partial charge in [0.25, 0.3) is 0 Å². The molecule has 0 rings (SSSR count). The second-order valence-electron chi connectivity index (χ2n) is 1.05. The highest BCUT2D eigenvalue weighted by Crippen LogP contribution is 2.31. The molecule has 0 radical (unpaired) electrons. The number of hydrogen-bond acceptors (Lipinski definition) is 1. The molecule has 0 spiro atoms. The lowest BCUT2D eigenvalue weighted by Crippen LogP contribution is -1.53. The summed E-state index contributed by atoms with van der Waals surface area (Å²) in [5.74, 6) is 1.21. The van der Waals surface area contributed by atoms with Gasteiger partial charge in [-0.3, -0.25) is 0 Å². The molecule has 36 valence electrons. The van der Waals surface area contributed by atoms with E-state index in [0.717, 1.165) is 0 Å². The van der Waals surface area contributed by atoms with Gasteiger partial charge in [-0.05, 0) is 0 Å². The van der Waals surface area contributed by atoms with Gasteiger partial charge in [0.2, 0.25) is 0 Å². The second-order valence-corrected chi connectivity index (χ2v) is 5.78. The normalized spacial score (nSPS) is 11.3. The first-order valence-corrected chi connectivity index (χ1v) is 5.51. The molecule has 0 nitrogen and oxygen atoms in total. The molecule has 0 saturated heterocycles. The van der Waals surface area contributed by atoms with E-state index in [-0.39, 0.29) is 6.75 Å². The summed E-state index contributed by atoms with van der Waals surface area (Å²) in [7, 11) is 0. The van der Waals surface area contributed by atoms with Gasteiger partial charge in [0.1, 0.15) is 6.66 Å². The van der Waals surface area contributed by atoms with Crippen molar-refractivity contribution in [3.05, 3.63) is 0 Å². The summed E-state index contributed by atoms with van der Waals surface area (Å²) in [6.07, 6.45) is 3.86. The molecule has 0 aromatic heterocycles. The van der Waals surface area contributed by atoms with Crippen LogP contribution in [0.1, 0.15) is 6.92 Å². The van der Waals surface area contributed by atoms with Crippen LogP contribution in [-0.2, 0) is 0 Å². The van der Waals surface area contributed by atoms with Gasteiger partial charge in [0.05, 0.1) is 17.7 Å². The van der Waals surface area contributed by atoms with Crippen LogP contribution in [0.2, 0.25) is 0 Å². The van der Waals surface area contributed by atoms with Crippen molar-refractivity contribution in [3.8, 4) is 0 Å². The van der Waals surface area contributed by atoms with Crippen LogP contribution in [0, 0.1) is 0 Å². The third-order valence-corrected chi connectivity index (χ3v) is 3.15. The van der Waals surface area contributed by atoms with E-state index in [9.17, 15) is 0 Å². The van der Waals surface area contributed by atoms with Crippen LogP contribution in [0.25, 0.3) is 0 Å². The summed E-state index contributed by atoms with van der Waals surface area (Å²) >= 11 is 1.94. The van der Waals surface area contributed by atoms with Crippen molar-refractivity contribution >= 4 is 24.4 Å². The van der Waals surface area contributed by atoms with E-state index in [2.05, 4.69) is 19.9 Å². The highest BCUT2D eigenvalue weighted by atomic mass is 32.7. The SMILES string of the molecule is C=[P+](C)SCC. The zero-order valence-electron chi connectivity index (χ0n) is 4.27. The summed E-state index contributed by atoms with van der Waals surface area (Å²) in [4.78, 5) is 0. The molecule has 0 aromatic rings. The first kappa shape index (κ1) is 6.52. The molecule has 1 unspecified atom stereocenters. The van der Waals surface area contributed by atoms with Gasteiger partial charge in [-0.15, -0.1) is 0 Å². The van der Waals surface area contributed by atoms with Gasteiger partial charge in [-0.25, -0.2) is 0 Å². The predicted molar refractivity (Wildman–Crippen MR) is 38.1 cm³/mol. The van der Waals surface area contributed by atoms with Crippen LogP contribution >= 0.6 is 18.1 Å². The topological polar surface area (TPSA) is 0 Å². The Morgan fingerprint density at radius 3 is 2.33 bits per heavy atom. The van der Waals surface area contributed by atoms with Gasteiger partial charge >= 0.3 is 0 Å². The highest BCUT2D eigenvalue weighted by Gasteiger charge is 1.91. The maximum absolute atomic E-state index is 3.86. The zero-order chi connectivity index (χ0) is 4.99. The molecule has 0 aliphatic carbocycles. The Morgan fingerprint density at radius 1 is 1.83 bits per heavy atom. The average molecular weight is 121 g/mol. The lowest BCUT2D eigenvalue weighted by atomic mass is 11.0. The summed E-state index contributed by atoms with van der Waals surface area (Å²) in [5.41, 5.74) is 0. The Labute approximate surface area is 44.5 Å². The molecule has 0 N–H and O–H groups in total. The van der Waals surface area contributed by atoms with E-state index in [1.165, 1.54) is 5.75 Å². The molecule has 1 atom stereocenters. The Balaban J connectivity index is 2.83. The number of hydrogen-bond donors (Lipinski definition) is 0. The molecular weight excluding hydrogens is 111 g/mol. The Hall–Kier alpha value is 0.520. The minimum absolute atomic E-state index is 0.0661. The maximum atomic E-state index is 3.86. The molecule has 0 saturated carbocycles. The summed E-state index contributed by atoms with van der Waals surface area (Å²) in [6, 6.07) is 0. The first-order valence-electron chi connectivity index (χ1n) is 1.94. The van der Waals surface area contributed by atoms with E-state index >= 15 is 0 Å². The summed E-state index contributed by atoms with van der Waals surface area (Å²) in [5, 5.41) is 0. The van der Waals surface area contributed by atoms with Gasteiger partial charge in [-0.1, -0.05) is 6.92 Å². The lowest BCUT2D eigenvalue weighted by molar-refractivity contribution is 1.54. The predicted octanol–water partition coefficient (Wildman–Crippen LogP) is 2.20. The molecule has 0 aliphatic rings. The fourth-order valence-electron chi connectivity index (χ4n) is 0.220. The Kier molecular flexibility index (Phi) is 4.02. The van der Waals surface area contributed by atoms with Crippen molar-refractivity contribution in [2.75, 3.05) is 12.4 Å². The zero-order valence-corrected chi connectivity index (χ0v) is 5.98. The quantitative estimate of drug-likeness (QED) is 0.505. The van der Waals surface area contributed by atoms with Crippen molar-refractivity contribution in [2.24, 2.45) is 0 Å². The van der Waals surface area contributed by atoms with Crippen LogP contribution in [-0.4, -0.2) is 18.7 Å². The van der Waals surface area contributed by atoms with Crippen molar-refractivity contribution in [1.29, 1.82) is 0 Å². The molecule has 0 heterocycles. The first-order chi connectivity index (χ1) is 2.77. The van der Waals surface area contributed by atoms with Crippen molar-refractivity contribution in [2.45, 2.75) is 6.92 Å². The van der Waals surface area contributed by atoms with E-state index in [0.29, 0.717) is 0 Å². The maximum Gasteiger partial charge on any atom is 0.153 e. The molecule has 0 amide bonds. The average Bonchev–Trinajstić information content (AvgIpc) is 1.35. The van der Waals surface area contributed by atoms with E-state index in [1.54, 1.807) is 0 Å². The summed E-state index contributed by atoms with van der Waals surface area (Å²) < 4.78 is 0. The molecule has 0 fully saturated rings. The highest BCUT2D eigenvalue weighted by molar-refractivity contribution is 8.54. The molecule has 0 aromatic carbocycles. The van der Waals surface area contributed by atoms with Crippen LogP contribution in [0.3, 0.4) is 0 Å². The molecule has 0 bridgehead atoms. The van der Waals surface area contributed by atoms with Gasteiger partial charge < -0.3 is 0 Å². The fraction of sp³-hybridized carbons (Fsp3) is 0.750. The van der Waals surface area contributed by atoms with Crippen molar-refractivity contribution in [1.82, 2.24) is 0 Å². The van der Waals surface area contributed by atoms with E-state index < -0.39 is 0 Å². The van der Waals surface area contributed by atoms with Crippen LogP contribution in [0.5, 0.6) is 0 Å². The monoisotopic (exact) mass is 121 g/mol. The summed E-state index contributed by atoms with van der Waals surface area (Å²) in [6.45, 7) is 4.40. The third kappa shape index (κ3) is 4.52. The van der Waals surface area contributed by atoms with Gasteiger partial charge in [0.15, 0.2) is 6.75 Å². The van der Waals surface area contributed by atoms with Crippen LogP contribution in [0.15, 0.2) is 0 Å². The minimum Gasteiger partial charge on any atom is -0.0523 e. The smallest absolute Gasteiger partial charge is 0.0523 e. The Morgan fingerprint density at radius 2 is 2.33 bits per heavy atom. The van der Waals surface area contributed by atoms with Crippen molar-refractivity contribution in [3.63, 3.8) is 0 Å². The lowest BCUT2D eigenvalue weighted by Gasteiger charge is -1.73. The molecular formula is C4H10PS+. The molecule has 6 heavy (non-hydrogen) atoms. The largest absolute Gasteiger partial charge is 0.153 e.